The second-order valence-corrected chi connectivity index (χ2v) is 10.7. The molecule has 32 heavy (non-hydrogen) atoms. The first-order valence-electron chi connectivity index (χ1n) is 10.1. The lowest BCUT2D eigenvalue weighted by Gasteiger charge is -2.09. The Kier molecular flexibility index (Phi) is 6.03. The lowest BCUT2D eigenvalue weighted by atomic mass is 10.2. The zero-order chi connectivity index (χ0) is 22.9. The van der Waals surface area contributed by atoms with Crippen molar-refractivity contribution >= 4 is 43.2 Å². The number of fused-ring (bicyclic) bond motifs is 1. The summed E-state index contributed by atoms with van der Waals surface area (Å²) in [5.41, 5.74) is 1.55. The van der Waals surface area contributed by atoms with Gasteiger partial charge in [-0.15, -0.1) is 11.3 Å². The van der Waals surface area contributed by atoms with E-state index < -0.39 is 21.0 Å². The van der Waals surface area contributed by atoms with Crippen molar-refractivity contribution in [2.75, 3.05) is 11.9 Å². The summed E-state index contributed by atoms with van der Waals surface area (Å²) in [5, 5.41) is 5.23. The first-order valence-corrected chi connectivity index (χ1v) is 12.5. The number of aromatic nitrogens is 1. The molecule has 0 unspecified atom stereocenters. The Morgan fingerprint density at radius 1 is 1.19 bits per heavy atom. The zero-order valence-corrected chi connectivity index (χ0v) is 19.4. The van der Waals surface area contributed by atoms with Gasteiger partial charge in [0.2, 0.25) is 0 Å². The predicted molar refractivity (Wildman–Crippen MR) is 125 cm³/mol. The molecule has 2 aromatic carbocycles. The first-order chi connectivity index (χ1) is 15.3. The lowest BCUT2D eigenvalue weighted by molar-refractivity contribution is 0.102. The van der Waals surface area contributed by atoms with Crippen LogP contribution in [0.15, 0.2) is 63.2 Å². The molecular formula is C23H22N2O5S2. The van der Waals surface area contributed by atoms with Crippen molar-refractivity contribution in [3.8, 4) is 17.2 Å². The summed E-state index contributed by atoms with van der Waals surface area (Å²) in [4.78, 5) is 17.2. The fourth-order valence-electron chi connectivity index (χ4n) is 3.10. The highest BCUT2D eigenvalue weighted by Crippen LogP contribution is 2.32. The van der Waals surface area contributed by atoms with Gasteiger partial charge in [-0.25, -0.2) is 13.4 Å². The number of ether oxygens (including phenoxy) is 1. The molecule has 4 rings (SSSR count). The van der Waals surface area contributed by atoms with Gasteiger partial charge in [0.15, 0.2) is 20.7 Å². The maximum atomic E-state index is 12.7. The van der Waals surface area contributed by atoms with Gasteiger partial charge in [0, 0.05) is 16.3 Å². The molecule has 0 spiro atoms. The van der Waals surface area contributed by atoms with Gasteiger partial charge in [-0.1, -0.05) is 6.07 Å². The van der Waals surface area contributed by atoms with Crippen molar-refractivity contribution in [2.45, 2.75) is 30.9 Å². The lowest BCUT2D eigenvalue weighted by Crippen LogP contribution is -2.16. The molecule has 7 nitrogen and oxygen atoms in total. The number of hydrogen-bond acceptors (Lipinski definition) is 7. The van der Waals surface area contributed by atoms with Gasteiger partial charge in [-0.05, 0) is 63.2 Å². The van der Waals surface area contributed by atoms with Crippen LogP contribution in [0.5, 0.6) is 5.75 Å². The summed E-state index contributed by atoms with van der Waals surface area (Å²) < 4.78 is 36.2. The molecule has 166 valence electrons. The molecular weight excluding hydrogens is 448 g/mol. The van der Waals surface area contributed by atoms with E-state index in [1.165, 1.54) is 23.5 Å². The van der Waals surface area contributed by atoms with Crippen LogP contribution in [-0.4, -0.2) is 31.2 Å². The van der Waals surface area contributed by atoms with Gasteiger partial charge in [0.1, 0.15) is 17.0 Å². The first kappa shape index (κ1) is 22.0. The van der Waals surface area contributed by atoms with Crippen LogP contribution in [0.4, 0.5) is 5.13 Å². The van der Waals surface area contributed by atoms with E-state index in [4.69, 9.17) is 9.15 Å². The average Bonchev–Trinajstić information content (AvgIpc) is 3.40. The van der Waals surface area contributed by atoms with Gasteiger partial charge in [-0.3, -0.25) is 10.1 Å². The number of carbonyl (C=O) groups is 1. The second kappa shape index (κ2) is 8.76. The van der Waals surface area contributed by atoms with Crippen molar-refractivity contribution in [3.63, 3.8) is 0 Å². The third-order valence-electron chi connectivity index (χ3n) is 4.82. The molecule has 9 heteroatoms. The summed E-state index contributed by atoms with van der Waals surface area (Å²) in [7, 11) is -3.47. The fraction of sp³-hybridized carbons (Fsp3) is 0.217. The molecule has 0 bridgehead atoms. The number of hydrogen-bond donors (Lipinski definition) is 1. The summed E-state index contributed by atoms with van der Waals surface area (Å²) in [6.07, 6.45) is 0. The minimum absolute atomic E-state index is 0.119. The summed E-state index contributed by atoms with van der Waals surface area (Å²) >= 11 is 1.26. The van der Waals surface area contributed by atoms with Gasteiger partial charge >= 0.3 is 0 Å². The topological polar surface area (TPSA) is 98.5 Å². The number of carbonyl (C=O) groups excluding carboxylic acids is 1. The third kappa shape index (κ3) is 4.39. The molecule has 0 saturated carbocycles. The van der Waals surface area contributed by atoms with Crippen molar-refractivity contribution in [2.24, 2.45) is 0 Å². The fourth-order valence-corrected chi connectivity index (χ4v) is 4.90. The number of nitrogens with one attached hydrogen (secondary N) is 1. The van der Waals surface area contributed by atoms with Crippen molar-refractivity contribution in [1.29, 1.82) is 0 Å². The number of thiazole rings is 1. The molecule has 0 aliphatic heterocycles. The number of amides is 1. The molecule has 2 aromatic heterocycles. The van der Waals surface area contributed by atoms with E-state index in [2.05, 4.69) is 10.3 Å². The highest BCUT2D eigenvalue weighted by Gasteiger charge is 2.21. The Morgan fingerprint density at radius 2 is 2.00 bits per heavy atom. The van der Waals surface area contributed by atoms with Gasteiger partial charge in [0.05, 0.1) is 16.8 Å². The summed E-state index contributed by atoms with van der Waals surface area (Å²) in [6.45, 7) is 5.72. The summed E-state index contributed by atoms with van der Waals surface area (Å²) in [6, 6.07) is 13.5. The smallest absolute Gasteiger partial charge is 0.257 e. The molecule has 1 N–H and O–H groups in total. The normalized spacial score (nSPS) is 11.8. The molecule has 0 radical (unpaired) electrons. The van der Waals surface area contributed by atoms with Crippen molar-refractivity contribution in [1.82, 2.24) is 4.98 Å². The zero-order valence-electron chi connectivity index (χ0n) is 17.8. The minimum Gasteiger partial charge on any atom is -0.494 e. The summed E-state index contributed by atoms with van der Waals surface area (Å²) in [5.74, 6) is 0.911. The Hall–Kier alpha value is -3.17. The van der Waals surface area contributed by atoms with E-state index in [0.717, 1.165) is 11.1 Å². The number of sulfone groups is 1. The van der Waals surface area contributed by atoms with Crippen LogP contribution in [0.25, 0.3) is 22.4 Å². The molecule has 0 fully saturated rings. The Morgan fingerprint density at radius 3 is 2.75 bits per heavy atom. The molecule has 0 aliphatic carbocycles. The van der Waals surface area contributed by atoms with E-state index in [1.54, 1.807) is 31.4 Å². The number of furan rings is 1. The number of rotatable bonds is 7. The van der Waals surface area contributed by atoms with Crippen molar-refractivity contribution in [3.05, 3.63) is 59.5 Å². The Balaban J connectivity index is 1.54. The second-order valence-electron chi connectivity index (χ2n) is 7.36. The molecule has 4 aromatic rings. The van der Waals surface area contributed by atoms with E-state index in [1.807, 2.05) is 31.2 Å². The predicted octanol–water partition coefficient (Wildman–Crippen LogP) is 5.39. The van der Waals surface area contributed by atoms with Crippen LogP contribution in [0, 0.1) is 0 Å². The maximum Gasteiger partial charge on any atom is 0.257 e. The van der Waals surface area contributed by atoms with Crippen LogP contribution in [0.1, 0.15) is 31.1 Å². The number of anilines is 1. The van der Waals surface area contributed by atoms with E-state index in [-0.39, 0.29) is 10.5 Å². The quantitative estimate of drug-likeness (QED) is 0.389. The minimum atomic E-state index is -3.47. The van der Waals surface area contributed by atoms with Gasteiger partial charge in [0.25, 0.3) is 5.91 Å². The SMILES string of the molecule is CCOc1ccc2oc(-c3csc(NC(=O)c4cccc(S(=O)(=O)C(C)C)c4)n3)cc2c1. The van der Waals surface area contributed by atoms with Crippen LogP contribution in [0.2, 0.25) is 0 Å². The van der Waals surface area contributed by atoms with Gasteiger partial charge < -0.3 is 9.15 Å². The molecule has 1 amide bonds. The largest absolute Gasteiger partial charge is 0.494 e. The maximum absolute atomic E-state index is 12.7. The van der Waals surface area contributed by atoms with Crippen LogP contribution in [0.3, 0.4) is 0 Å². The molecule has 0 saturated heterocycles. The van der Waals surface area contributed by atoms with Crippen molar-refractivity contribution < 1.29 is 22.4 Å². The number of nitrogens with zero attached hydrogens (tertiary/aromatic N) is 1. The Labute approximate surface area is 190 Å². The van der Waals surface area contributed by atoms with E-state index >= 15 is 0 Å². The molecule has 0 atom stereocenters. The van der Waals surface area contributed by atoms with Crippen LogP contribution >= 0.6 is 11.3 Å². The van der Waals surface area contributed by atoms with E-state index in [0.29, 0.717) is 28.8 Å². The monoisotopic (exact) mass is 470 g/mol. The molecule has 2 heterocycles. The van der Waals surface area contributed by atoms with Crippen LogP contribution in [-0.2, 0) is 9.84 Å². The van der Waals surface area contributed by atoms with E-state index in [9.17, 15) is 13.2 Å². The Bertz CT molecular complexity index is 1390. The van der Waals surface area contributed by atoms with Crippen LogP contribution < -0.4 is 10.1 Å². The van der Waals surface area contributed by atoms with Gasteiger partial charge in [-0.2, -0.15) is 0 Å². The standard InChI is InChI=1S/C23H22N2O5S2/c1-4-29-17-8-9-20-16(10-17)12-21(30-20)19-13-31-23(24-19)25-22(26)15-6-5-7-18(11-15)32(27,28)14(2)3/h5-14H,4H2,1-3H3,(H,24,25,26). The highest BCUT2D eigenvalue weighted by atomic mass is 32.2. The third-order valence-corrected chi connectivity index (χ3v) is 7.73. The number of benzene rings is 2. The average molecular weight is 471 g/mol. The molecule has 0 aliphatic rings. The highest BCUT2D eigenvalue weighted by molar-refractivity contribution is 7.92.